The lowest BCUT2D eigenvalue weighted by Gasteiger charge is -2.01. The highest BCUT2D eigenvalue weighted by atomic mass is 127. The summed E-state index contributed by atoms with van der Waals surface area (Å²) in [5.74, 6) is 3.64. The van der Waals surface area contributed by atoms with Gasteiger partial charge in [0, 0.05) is 0 Å². The van der Waals surface area contributed by atoms with Crippen LogP contribution < -0.4 is 11.6 Å². The van der Waals surface area contributed by atoms with Crippen LogP contribution in [0.1, 0.15) is 0 Å². The summed E-state index contributed by atoms with van der Waals surface area (Å²) in [7, 11) is 0. The van der Waals surface area contributed by atoms with Crippen molar-refractivity contribution in [3.8, 4) is 0 Å². The van der Waals surface area contributed by atoms with Gasteiger partial charge < -0.3 is 4.84 Å². The number of hydrogen-bond acceptors (Lipinski definition) is 5. The van der Waals surface area contributed by atoms with Gasteiger partial charge in [-0.1, -0.05) is 0 Å². The van der Waals surface area contributed by atoms with E-state index in [1.807, 2.05) is 0 Å². The van der Waals surface area contributed by atoms with E-state index in [2.05, 4.69) is 13.8 Å². The fraction of sp³-hybridized carbons (Fsp3) is 0.500. The maximum atomic E-state index is 10.1. The van der Waals surface area contributed by atoms with Crippen molar-refractivity contribution < 1.29 is 12.7 Å². The van der Waals surface area contributed by atoms with Crippen LogP contribution in [0.25, 0.3) is 0 Å². The van der Waals surface area contributed by atoms with E-state index in [1.54, 1.807) is 0 Å². The smallest absolute Gasteiger partial charge is 0.369 e. The maximum absolute atomic E-state index is 10.1. The minimum atomic E-state index is -1.08. The Morgan fingerprint density at radius 3 is 2.38 bits per heavy atom. The van der Waals surface area contributed by atoms with Crippen LogP contribution in [0, 0.1) is 0 Å². The predicted molar refractivity (Wildman–Crippen MR) is 33.4 cm³/mol. The predicted octanol–water partition coefficient (Wildman–Crippen LogP) is -0.945. The quantitative estimate of drug-likeness (QED) is 0.364. The van der Waals surface area contributed by atoms with E-state index in [0.717, 1.165) is 0 Å². The lowest BCUT2D eigenvalue weighted by atomic mass is 10.6. The van der Waals surface area contributed by atoms with Gasteiger partial charge in [-0.05, 0) is 0 Å². The summed E-state index contributed by atoms with van der Waals surface area (Å²) >= 11 is 1.47. The molecule has 5 nitrogen and oxygen atoms in total. The average molecular weight is 232 g/mol. The lowest BCUT2D eigenvalue weighted by molar-refractivity contribution is -0.150. The Kier molecular flexibility index (Phi) is 4.05. The SMILES string of the molecule is NOC(=O)C(N)OI. The van der Waals surface area contributed by atoms with E-state index >= 15 is 0 Å². The van der Waals surface area contributed by atoms with Gasteiger partial charge in [0.15, 0.2) is 0 Å². The molecule has 0 amide bonds. The summed E-state index contributed by atoms with van der Waals surface area (Å²) in [6.45, 7) is 0. The van der Waals surface area contributed by atoms with Crippen molar-refractivity contribution in [3.05, 3.63) is 0 Å². The van der Waals surface area contributed by atoms with Crippen molar-refractivity contribution >= 4 is 29.0 Å². The molecule has 0 aliphatic carbocycles. The fourth-order valence-electron chi connectivity index (χ4n) is 0.103. The van der Waals surface area contributed by atoms with Crippen molar-refractivity contribution in [1.29, 1.82) is 0 Å². The number of hydrogen-bond donors (Lipinski definition) is 2. The zero-order valence-corrected chi connectivity index (χ0v) is 5.99. The Labute approximate surface area is 59.9 Å². The summed E-state index contributed by atoms with van der Waals surface area (Å²) in [6, 6.07) is 0. The Balaban J connectivity index is 3.46. The topological polar surface area (TPSA) is 87.6 Å². The van der Waals surface area contributed by atoms with Gasteiger partial charge in [0.2, 0.25) is 6.23 Å². The molecule has 0 aliphatic heterocycles. The van der Waals surface area contributed by atoms with Crippen LogP contribution in [-0.2, 0) is 12.7 Å². The number of carbonyl (C=O) groups excluding carboxylic acids is 1. The number of halogens is 1. The summed E-state index contributed by atoms with van der Waals surface area (Å²) in [5.41, 5.74) is 4.94. The molecule has 0 aromatic heterocycles. The van der Waals surface area contributed by atoms with E-state index in [0.29, 0.717) is 0 Å². The molecule has 8 heavy (non-hydrogen) atoms. The number of nitrogens with two attached hydrogens (primary N) is 2. The average Bonchev–Trinajstić information content (AvgIpc) is 1.84. The van der Waals surface area contributed by atoms with E-state index in [9.17, 15) is 4.79 Å². The highest BCUT2D eigenvalue weighted by Crippen LogP contribution is 1.91. The molecule has 1 atom stereocenters. The molecular formula is C2H5IN2O3. The molecule has 0 spiro atoms. The Hall–Kier alpha value is 0.0800. The first kappa shape index (κ1) is 8.08. The fourth-order valence-corrected chi connectivity index (χ4v) is 0.311. The van der Waals surface area contributed by atoms with Crippen LogP contribution in [0.2, 0.25) is 0 Å². The molecule has 0 saturated heterocycles. The Morgan fingerprint density at radius 1 is 1.75 bits per heavy atom. The van der Waals surface area contributed by atoms with E-state index in [-0.39, 0.29) is 0 Å². The Morgan fingerprint density at radius 2 is 2.25 bits per heavy atom. The van der Waals surface area contributed by atoms with Gasteiger partial charge in [0.05, 0.1) is 0 Å². The summed E-state index contributed by atoms with van der Waals surface area (Å²) in [6.07, 6.45) is -1.08. The van der Waals surface area contributed by atoms with Crippen LogP contribution >= 0.6 is 23.0 Å². The molecule has 1 unspecified atom stereocenters. The van der Waals surface area contributed by atoms with Gasteiger partial charge in [-0.15, -0.1) is 0 Å². The number of rotatable bonds is 2. The third-order valence-electron chi connectivity index (χ3n) is 0.444. The summed E-state index contributed by atoms with van der Waals surface area (Å²) < 4.78 is 4.30. The number of carbonyl (C=O) groups is 1. The molecule has 0 fully saturated rings. The van der Waals surface area contributed by atoms with Gasteiger partial charge in [0.1, 0.15) is 23.0 Å². The van der Waals surface area contributed by atoms with Crippen LogP contribution in [0.5, 0.6) is 0 Å². The van der Waals surface area contributed by atoms with Crippen LogP contribution in [0.4, 0.5) is 0 Å². The molecule has 0 saturated carbocycles. The van der Waals surface area contributed by atoms with Crippen molar-refractivity contribution in [2.45, 2.75) is 6.23 Å². The normalized spacial score (nSPS) is 12.9. The van der Waals surface area contributed by atoms with E-state index in [4.69, 9.17) is 5.73 Å². The van der Waals surface area contributed by atoms with Gasteiger partial charge in [-0.3, -0.25) is 8.80 Å². The van der Waals surface area contributed by atoms with Crippen LogP contribution in [-0.4, -0.2) is 12.2 Å². The third kappa shape index (κ3) is 2.40. The van der Waals surface area contributed by atoms with Gasteiger partial charge in [-0.2, -0.15) is 5.90 Å². The van der Waals surface area contributed by atoms with Gasteiger partial charge in [0.25, 0.3) is 0 Å². The molecular weight excluding hydrogens is 227 g/mol. The van der Waals surface area contributed by atoms with Crippen molar-refractivity contribution in [2.75, 3.05) is 0 Å². The minimum Gasteiger partial charge on any atom is -0.370 e. The molecule has 0 heterocycles. The molecule has 48 valence electrons. The monoisotopic (exact) mass is 232 g/mol. The maximum Gasteiger partial charge on any atom is 0.369 e. The standard InChI is InChI=1S/C2H5IN2O3/c3-7-1(4)2(6)8-5/h1H,4-5H2. The molecule has 0 aromatic carbocycles. The lowest BCUT2D eigenvalue weighted by Crippen LogP contribution is -2.33. The summed E-state index contributed by atoms with van der Waals surface area (Å²) in [5, 5.41) is 0. The first-order valence-electron chi connectivity index (χ1n) is 1.66. The highest BCUT2D eigenvalue weighted by Gasteiger charge is 2.12. The van der Waals surface area contributed by atoms with Crippen LogP contribution in [0.3, 0.4) is 0 Å². The first-order chi connectivity index (χ1) is 3.72. The molecule has 0 rings (SSSR count). The molecule has 0 aromatic rings. The zero-order valence-electron chi connectivity index (χ0n) is 3.83. The second kappa shape index (κ2) is 4.01. The molecule has 0 aliphatic rings. The summed E-state index contributed by atoms with van der Waals surface area (Å²) in [4.78, 5) is 13.8. The van der Waals surface area contributed by atoms with E-state index in [1.165, 1.54) is 23.0 Å². The van der Waals surface area contributed by atoms with E-state index < -0.39 is 12.2 Å². The largest absolute Gasteiger partial charge is 0.370 e. The molecule has 6 heteroatoms. The van der Waals surface area contributed by atoms with Crippen LogP contribution in [0.15, 0.2) is 0 Å². The van der Waals surface area contributed by atoms with Gasteiger partial charge in [-0.25, -0.2) is 4.79 Å². The molecule has 0 bridgehead atoms. The molecule has 0 radical (unpaired) electrons. The zero-order chi connectivity index (χ0) is 6.57. The molecule has 4 N–H and O–H groups in total. The minimum absolute atomic E-state index is 0.792. The van der Waals surface area contributed by atoms with Crippen molar-refractivity contribution in [1.82, 2.24) is 0 Å². The second-order valence-electron chi connectivity index (χ2n) is 0.947. The Bertz CT molecular complexity index is 87.4. The highest BCUT2D eigenvalue weighted by molar-refractivity contribution is 14.1. The van der Waals surface area contributed by atoms with Crippen molar-refractivity contribution in [3.63, 3.8) is 0 Å². The second-order valence-corrected chi connectivity index (χ2v) is 1.46. The van der Waals surface area contributed by atoms with Crippen molar-refractivity contribution in [2.24, 2.45) is 11.6 Å². The third-order valence-corrected chi connectivity index (χ3v) is 0.992. The van der Waals surface area contributed by atoms with Gasteiger partial charge >= 0.3 is 5.97 Å². The first-order valence-corrected chi connectivity index (χ1v) is 2.54.